The zero-order valence-electron chi connectivity index (χ0n) is 5.41. The van der Waals surface area contributed by atoms with Crippen molar-refractivity contribution >= 4 is 18.4 Å². The molecule has 0 aromatic heterocycles. The van der Waals surface area contributed by atoms with Gasteiger partial charge < -0.3 is 10.4 Å². The Hall–Kier alpha value is -0.540. The van der Waals surface area contributed by atoms with Crippen molar-refractivity contribution in [2.75, 3.05) is 6.54 Å². The minimum atomic E-state index is -0.800. The summed E-state index contributed by atoms with van der Waals surface area (Å²) < 4.78 is 0. The standard InChI is InChI=1S/C6H9NO2.ClH/c8-6(9)5-3-1-2-4-7-5;/h1,3,5,7H,2,4H2,(H,8,9);1H. The van der Waals surface area contributed by atoms with Crippen LogP contribution in [0.15, 0.2) is 12.2 Å². The van der Waals surface area contributed by atoms with Crippen molar-refractivity contribution in [2.24, 2.45) is 0 Å². The fourth-order valence-corrected chi connectivity index (χ4v) is 0.792. The van der Waals surface area contributed by atoms with Crippen molar-refractivity contribution in [3.8, 4) is 0 Å². The first kappa shape index (κ1) is 9.46. The predicted octanol–water partition coefficient (Wildman–Crippen LogP) is 0.411. The van der Waals surface area contributed by atoms with Gasteiger partial charge in [-0.3, -0.25) is 4.79 Å². The van der Waals surface area contributed by atoms with E-state index in [9.17, 15) is 4.79 Å². The van der Waals surface area contributed by atoms with E-state index >= 15 is 0 Å². The van der Waals surface area contributed by atoms with E-state index in [1.54, 1.807) is 6.08 Å². The maximum Gasteiger partial charge on any atom is 0.324 e. The van der Waals surface area contributed by atoms with Crippen molar-refractivity contribution < 1.29 is 9.90 Å². The van der Waals surface area contributed by atoms with Crippen LogP contribution in [0.4, 0.5) is 0 Å². The van der Waals surface area contributed by atoms with Crippen LogP contribution in [-0.2, 0) is 4.79 Å². The van der Waals surface area contributed by atoms with Gasteiger partial charge in [-0.05, 0) is 13.0 Å². The minimum Gasteiger partial charge on any atom is -0.480 e. The van der Waals surface area contributed by atoms with Gasteiger partial charge in [0, 0.05) is 0 Å². The van der Waals surface area contributed by atoms with Crippen LogP contribution >= 0.6 is 12.4 Å². The molecule has 1 heterocycles. The first-order valence-electron chi connectivity index (χ1n) is 2.93. The summed E-state index contributed by atoms with van der Waals surface area (Å²) >= 11 is 0. The Morgan fingerprint density at radius 3 is 2.70 bits per heavy atom. The molecule has 2 N–H and O–H groups in total. The van der Waals surface area contributed by atoms with Gasteiger partial charge in [-0.1, -0.05) is 12.2 Å². The molecule has 0 spiro atoms. The second-order valence-electron chi connectivity index (χ2n) is 1.99. The zero-order valence-corrected chi connectivity index (χ0v) is 6.23. The number of hydrogen-bond donors (Lipinski definition) is 2. The fraction of sp³-hybridized carbons (Fsp3) is 0.500. The van der Waals surface area contributed by atoms with Gasteiger partial charge in [0.1, 0.15) is 6.04 Å². The molecule has 1 unspecified atom stereocenters. The van der Waals surface area contributed by atoms with E-state index in [-0.39, 0.29) is 12.4 Å². The lowest BCUT2D eigenvalue weighted by atomic mass is 10.2. The maximum atomic E-state index is 10.2. The molecule has 0 amide bonds. The molecular formula is C6H10ClNO2. The Bertz CT molecular complexity index is 147. The van der Waals surface area contributed by atoms with E-state index in [1.165, 1.54) is 0 Å². The monoisotopic (exact) mass is 163 g/mol. The van der Waals surface area contributed by atoms with Gasteiger partial charge in [0.2, 0.25) is 0 Å². The number of nitrogens with one attached hydrogen (secondary N) is 1. The number of hydrogen-bond acceptors (Lipinski definition) is 2. The lowest BCUT2D eigenvalue weighted by molar-refractivity contribution is -0.138. The van der Waals surface area contributed by atoms with E-state index in [4.69, 9.17) is 5.11 Å². The molecule has 0 aliphatic carbocycles. The van der Waals surface area contributed by atoms with E-state index in [2.05, 4.69) is 5.32 Å². The Morgan fingerprint density at radius 1 is 1.70 bits per heavy atom. The van der Waals surface area contributed by atoms with Gasteiger partial charge in [0.15, 0.2) is 0 Å². The maximum absolute atomic E-state index is 10.2. The molecule has 58 valence electrons. The first-order valence-corrected chi connectivity index (χ1v) is 2.93. The van der Waals surface area contributed by atoms with Crippen LogP contribution in [0.1, 0.15) is 6.42 Å². The number of rotatable bonds is 1. The van der Waals surface area contributed by atoms with Crippen molar-refractivity contribution in [1.82, 2.24) is 5.32 Å². The quantitative estimate of drug-likeness (QED) is 0.551. The highest BCUT2D eigenvalue weighted by Gasteiger charge is 2.13. The molecule has 0 aromatic carbocycles. The van der Waals surface area contributed by atoms with Gasteiger partial charge in [-0.15, -0.1) is 12.4 Å². The van der Waals surface area contributed by atoms with Crippen LogP contribution in [0.3, 0.4) is 0 Å². The second-order valence-corrected chi connectivity index (χ2v) is 1.99. The van der Waals surface area contributed by atoms with Crippen molar-refractivity contribution in [1.29, 1.82) is 0 Å². The van der Waals surface area contributed by atoms with Crippen LogP contribution in [0.5, 0.6) is 0 Å². The summed E-state index contributed by atoms with van der Waals surface area (Å²) in [6, 6.07) is -0.459. The Balaban J connectivity index is 0.000000810. The number of carboxylic acids is 1. The Labute approximate surface area is 65.5 Å². The summed E-state index contributed by atoms with van der Waals surface area (Å²) in [6.45, 7) is 0.771. The van der Waals surface area contributed by atoms with Crippen LogP contribution in [0.25, 0.3) is 0 Å². The molecule has 0 radical (unpaired) electrons. The summed E-state index contributed by atoms with van der Waals surface area (Å²) in [5.74, 6) is -0.800. The van der Waals surface area contributed by atoms with Crippen LogP contribution < -0.4 is 5.32 Å². The van der Waals surface area contributed by atoms with E-state index in [0.717, 1.165) is 13.0 Å². The molecule has 4 heteroatoms. The summed E-state index contributed by atoms with van der Waals surface area (Å²) in [7, 11) is 0. The number of carbonyl (C=O) groups is 1. The lowest BCUT2D eigenvalue weighted by Crippen LogP contribution is -2.37. The molecule has 3 nitrogen and oxygen atoms in total. The number of aliphatic carboxylic acids is 1. The molecule has 10 heavy (non-hydrogen) atoms. The summed E-state index contributed by atoms with van der Waals surface area (Å²) in [4.78, 5) is 10.2. The highest BCUT2D eigenvalue weighted by molar-refractivity contribution is 5.85. The minimum absolute atomic E-state index is 0. The molecule has 1 rings (SSSR count). The lowest BCUT2D eigenvalue weighted by Gasteiger charge is -2.12. The average Bonchev–Trinajstić information content (AvgIpc) is 1.90. The molecule has 0 saturated heterocycles. The molecule has 1 aliphatic rings. The molecule has 1 aliphatic heterocycles. The third kappa shape index (κ3) is 2.37. The highest BCUT2D eigenvalue weighted by Crippen LogP contribution is 1.95. The summed E-state index contributed by atoms with van der Waals surface area (Å²) in [5, 5.41) is 11.3. The molecular weight excluding hydrogens is 154 g/mol. The van der Waals surface area contributed by atoms with Gasteiger partial charge in [0.05, 0.1) is 0 Å². The Kier molecular flexibility index (Phi) is 4.07. The van der Waals surface area contributed by atoms with Crippen molar-refractivity contribution in [3.05, 3.63) is 12.2 Å². The Morgan fingerprint density at radius 2 is 2.40 bits per heavy atom. The molecule has 0 saturated carbocycles. The molecule has 0 fully saturated rings. The van der Waals surface area contributed by atoms with Gasteiger partial charge in [-0.2, -0.15) is 0 Å². The van der Waals surface area contributed by atoms with Gasteiger partial charge >= 0.3 is 5.97 Å². The van der Waals surface area contributed by atoms with E-state index in [1.807, 2.05) is 6.08 Å². The smallest absolute Gasteiger partial charge is 0.324 e. The third-order valence-electron chi connectivity index (χ3n) is 1.27. The molecule has 0 aromatic rings. The van der Waals surface area contributed by atoms with Crippen LogP contribution in [0, 0.1) is 0 Å². The van der Waals surface area contributed by atoms with Gasteiger partial charge in [0.25, 0.3) is 0 Å². The normalized spacial score (nSPS) is 23.4. The van der Waals surface area contributed by atoms with Crippen LogP contribution in [0.2, 0.25) is 0 Å². The van der Waals surface area contributed by atoms with Crippen molar-refractivity contribution in [3.63, 3.8) is 0 Å². The topological polar surface area (TPSA) is 49.3 Å². The molecule has 0 bridgehead atoms. The zero-order chi connectivity index (χ0) is 6.69. The van der Waals surface area contributed by atoms with E-state index in [0.29, 0.717) is 0 Å². The average molecular weight is 164 g/mol. The predicted molar refractivity (Wildman–Crippen MR) is 40.4 cm³/mol. The fourth-order valence-electron chi connectivity index (χ4n) is 0.792. The third-order valence-corrected chi connectivity index (χ3v) is 1.27. The largest absolute Gasteiger partial charge is 0.480 e. The summed E-state index contributed by atoms with van der Waals surface area (Å²) in [5.41, 5.74) is 0. The highest BCUT2D eigenvalue weighted by atomic mass is 35.5. The second kappa shape index (κ2) is 4.30. The van der Waals surface area contributed by atoms with E-state index < -0.39 is 12.0 Å². The molecule has 1 atom stereocenters. The van der Waals surface area contributed by atoms with Crippen molar-refractivity contribution in [2.45, 2.75) is 12.5 Å². The van der Waals surface area contributed by atoms with Crippen LogP contribution in [-0.4, -0.2) is 23.7 Å². The summed E-state index contributed by atoms with van der Waals surface area (Å²) in [6.07, 6.45) is 4.49. The SMILES string of the molecule is Cl.O=C(O)C1C=CCCN1. The van der Waals surface area contributed by atoms with Gasteiger partial charge in [-0.25, -0.2) is 0 Å². The number of carboxylic acid groups (broad SMARTS) is 1. The first-order chi connectivity index (χ1) is 4.30. The number of halogens is 1.